The Hall–Kier alpha value is -0.0800. The van der Waals surface area contributed by atoms with Crippen LogP contribution in [0.5, 0.6) is 0 Å². The summed E-state index contributed by atoms with van der Waals surface area (Å²) in [6.07, 6.45) is 12.0. The van der Waals surface area contributed by atoms with Crippen molar-refractivity contribution in [2.24, 2.45) is 17.3 Å². The predicted molar refractivity (Wildman–Crippen MR) is 83.6 cm³/mol. The maximum atomic E-state index is 10.2. The summed E-state index contributed by atoms with van der Waals surface area (Å²) in [5.74, 6) is 1.39. The van der Waals surface area contributed by atoms with E-state index in [1.165, 1.54) is 44.9 Å². The van der Waals surface area contributed by atoms with Gasteiger partial charge in [0.1, 0.15) is 0 Å². The average Bonchev–Trinajstić information content (AvgIpc) is 2.74. The maximum absolute atomic E-state index is 10.2. The predicted octanol–water partition coefficient (Wildman–Crippen LogP) is 4.29. The van der Waals surface area contributed by atoms with Crippen LogP contribution in [0.2, 0.25) is 0 Å². The number of rotatable bonds is 6. The van der Waals surface area contributed by atoms with Gasteiger partial charge in [-0.3, -0.25) is 0 Å². The molecule has 0 bridgehead atoms. The molecule has 2 N–H and O–H groups in total. The highest BCUT2D eigenvalue weighted by Gasteiger charge is 2.49. The van der Waals surface area contributed by atoms with Crippen molar-refractivity contribution in [1.82, 2.24) is 0 Å². The zero-order valence-electron chi connectivity index (χ0n) is 13.7. The van der Waals surface area contributed by atoms with Gasteiger partial charge in [-0.2, -0.15) is 0 Å². The molecule has 0 spiro atoms. The van der Waals surface area contributed by atoms with Crippen LogP contribution >= 0.6 is 0 Å². The van der Waals surface area contributed by atoms with E-state index in [4.69, 9.17) is 0 Å². The molecule has 0 aromatic heterocycles. The molecule has 2 fully saturated rings. The number of aliphatic hydroxyl groups is 2. The third-order valence-electron chi connectivity index (χ3n) is 6.13. The van der Waals surface area contributed by atoms with Crippen molar-refractivity contribution in [3.63, 3.8) is 0 Å². The lowest BCUT2D eigenvalue weighted by Gasteiger charge is -2.46. The number of fused-ring (bicyclic) bond motifs is 1. The topological polar surface area (TPSA) is 40.5 Å². The van der Waals surface area contributed by atoms with Gasteiger partial charge < -0.3 is 10.2 Å². The minimum Gasteiger partial charge on any atom is -0.393 e. The largest absolute Gasteiger partial charge is 0.393 e. The van der Waals surface area contributed by atoms with Crippen LogP contribution < -0.4 is 0 Å². The number of hydrogen-bond donors (Lipinski definition) is 2. The van der Waals surface area contributed by atoms with Crippen LogP contribution in [0.1, 0.15) is 85.0 Å². The van der Waals surface area contributed by atoms with E-state index < -0.39 is 5.60 Å². The highest BCUT2D eigenvalue weighted by atomic mass is 16.3. The van der Waals surface area contributed by atoms with E-state index in [9.17, 15) is 10.2 Å². The van der Waals surface area contributed by atoms with Gasteiger partial charge in [0.25, 0.3) is 0 Å². The zero-order valence-corrected chi connectivity index (χ0v) is 13.7. The van der Waals surface area contributed by atoms with Crippen LogP contribution in [0.4, 0.5) is 0 Å². The van der Waals surface area contributed by atoms with Crippen molar-refractivity contribution in [3.05, 3.63) is 0 Å². The van der Waals surface area contributed by atoms with Crippen LogP contribution in [-0.2, 0) is 0 Å². The fourth-order valence-electron chi connectivity index (χ4n) is 4.86. The molecular weight excluding hydrogens is 248 g/mol. The second-order valence-electron chi connectivity index (χ2n) is 8.26. The first-order valence-corrected chi connectivity index (χ1v) is 8.73. The molecule has 0 aromatic carbocycles. The van der Waals surface area contributed by atoms with Crippen molar-refractivity contribution in [3.8, 4) is 0 Å². The van der Waals surface area contributed by atoms with Gasteiger partial charge in [-0.1, -0.05) is 32.6 Å². The molecular formula is C18H34O2. The minimum absolute atomic E-state index is 0.0334. The van der Waals surface area contributed by atoms with Gasteiger partial charge in [-0.25, -0.2) is 0 Å². The van der Waals surface area contributed by atoms with E-state index in [0.717, 1.165) is 25.2 Å². The molecule has 2 rings (SSSR count). The van der Waals surface area contributed by atoms with Gasteiger partial charge in [0, 0.05) is 0 Å². The number of hydrogen-bond acceptors (Lipinski definition) is 2. The Balaban J connectivity index is 1.75. The summed E-state index contributed by atoms with van der Waals surface area (Å²) < 4.78 is 0. The first-order chi connectivity index (χ1) is 9.33. The van der Waals surface area contributed by atoms with Crippen molar-refractivity contribution in [1.29, 1.82) is 0 Å². The molecule has 4 atom stereocenters. The summed E-state index contributed by atoms with van der Waals surface area (Å²) in [6, 6.07) is 0. The van der Waals surface area contributed by atoms with Gasteiger partial charge in [0.2, 0.25) is 0 Å². The maximum Gasteiger partial charge on any atom is 0.0591 e. The van der Waals surface area contributed by atoms with E-state index >= 15 is 0 Å². The Morgan fingerprint density at radius 1 is 1.10 bits per heavy atom. The molecule has 0 aromatic rings. The molecule has 0 amide bonds. The Morgan fingerprint density at radius 3 is 2.55 bits per heavy atom. The quantitative estimate of drug-likeness (QED) is 0.714. The summed E-state index contributed by atoms with van der Waals surface area (Å²) in [5, 5.41) is 20.0. The fourth-order valence-corrected chi connectivity index (χ4v) is 4.86. The molecule has 2 aliphatic carbocycles. The lowest BCUT2D eigenvalue weighted by molar-refractivity contribution is -0.0408. The number of unbranched alkanes of at least 4 members (excludes halogenated alkanes) is 2. The van der Waals surface area contributed by atoms with Crippen LogP contribution in [0.25, 0.3) is 0 Å². The number of aliphatic hydroxyl groups excluding tert-OH is 1. The molecule has 0 heterocycles. The zero-order chi connectivity index (χ0) is 14.8. The highest BCUT2D eigenvalue weighted by Crippen LogP contribution is 2.56. The van der Waals surface area contributed by atoms with E-state index in [0.29, 0.717) is 11.3 Å². The summed E-state index contributed by atoms with van der Waals surface area (Å²) in [5.41, 5.74) is -0.0919. The first kappa shape index (κ1) is 16.3. The molecule has 0 radical (unpaired) electrons. The molecule has 0 unspecified atom stereocenters. The van der Waals surface area contributed by atoms with Crippen molar-refractivity contribution >= 4 is 0 Å². The van der Waals surface area contributed by atoms with E-state index in [1.807, 2.05) is 13.8 Å². The molecule has 2 heteroatoms. The summed E-state index contributed by atoms with van der Waals surface area (Å²) in [6.45, 7) is 6.24. The Morgan fingerprint density at radius 2 is 1.85 bits per heavy atom. The van der Waals surface area contributed by atoms with Crippen molar-refractivity contribution in [2.75, 3.05) is 0 Å². The molecule has 0 aliphatic heterocycles. The van der Waals surface area contributed by atoms with Gasteiger partial charge in [0.05, 0.1) is 11.7 Å². The molecule has 118 valence electrons. The van der Waals surface area contributed by atoms with Gasteiger partial charge in [-0.05, 0) is 69.6 Å². The normalized spacial score (nSPS) is 38.0. The highest BCUT2D eigenvalue weighted by molar-refractivity contribution is 4.99. The SMILES string of the molecule is CC(C)(O)CCCCC[C@@H]1CC[C@H](O)[C@@H]2CCC[C@@]12C. The molecule has 20 heavy (non-hydrogen) atoms. The summed E-state index contributed by atoms with van der Waals surface area (Å²) in [4.78, 5) is 0. The lowest BCUT2D eigenvalue weighted by atomic mass is 9.60. The van der Waals surface area contributed by atoms with Gasteiger partial charge >= 0.3 is 0 Å². The van der Waals surface area contributed by atoms with E-state index in [-0.39, 0.29) is 6.10 Å². The summed E-state index contributed by atoms with van der Waals surface area (Å²) in [7, 11) is 0. The Bertz CT molecular complexity index is 307. The molecule has 0 saturated heterocycles. The standard InChI is InChI=1S/C18H34O2/c1-17(2,20)12-6-4-5-8-14-10-11-16(19)15-9-7-13-18(14,15)3/h14-16,19-20H,4-13H2,1-3H3/t14-,15+,16+,18+/m1/s1. The molecule has 2 nitrogen and oxygen atoms in total. The summed E-state index contributed by atoms with van der Waals surface area (Å²) >= 11 is 0. The second kappa shape index (κ2) is 6.36. The molecule has 2 aliphatic rings. The van der Waals surface area contributed by atoms with Crippen LogP contribution in [0.15, 0.2) is 0 Å². The first-order valence-electron chi connectivity index (χ1n) is 8.73. The van der Waals surface area contributed by atoms with E-state index in [2.05, 4.69) is 6.92 Å². The van der Waals surface area contributed by atoms with Crippen LogP contribution in [0.3, 0.4) is 0 Å². The fraction of sp³-hybridized carbons (Fsp3) is 1.00. The smallest absolute Gasteiger partial charge is 0.0591 e. The second-order valence-corrected chi connectivity index (χ2v) is 8.26. The Labute approximate surface area is 125 Å². The molecule has 2 saturated carbocycles. The third kappa shape index (κ3) is 3.76. The van der Waals surface area contributed by atoms with Crippen molar-refractivity contribution in [2.45, 2.75) is 96.7 Å². The Kier molecular flexibility index (Phi) is 5.18. The van der Waals surface area contributed by atoms with Crippen LogP contribution in [0, 0.1) is 17.3 Å². The van der Waals surface area contributed by atoms with Crippen LogP contribution in [-0.4, -0.2) is 21.9 Å². The van der Waals surface area contributed by atoms with Crippen molar-refractivity contribution < 1.29 is 10.2 Å². The van der Waals surface area contributed by atoms with Gasteiger partial charge in [0.15, 0.2) is 0 Å². The lowest BCUT2D eigenvalue weighted by Crippen LogP contribution is -2.42. The minimum atomic E-state index is -0.503. The van der Waals surface area contributed by atoms with Gasteiger partial charge in [-0.15, -0.1) is 0 Å². The van der Waals surface area contributed by atoms with E-state index in [1.54, 1.807) is 0 Å². The third-order valence-corrected chi connectivity index (χ3v) is 6.13. The monoisotopic (exact) mass is 282 g/mol. The average molecular weight is 282 g/mol.